The second-order valence-electron chi connectivity index (χ2n) is 2.04. The molecule has 0 aliphatic heterocycles. The van der Waals surface area contributed by atoms with Crippen LogP contribution in [0.1, 0.15) is 11.4 Å². The van der Waals surface area contributed by atoms with E-state index in [1.807, 2.05) is 5.38 Å². The lowest BCUT2D eigenvalue weighted by Crippen LogP contribution is -2.21. The molecule has 1 amide bonds. The first-order chi connectivity index (χ1) is 5.83. The third kappa shape index (κ3) is 2.68. The van der Waals surface area contributed by atoms with Crippen molar-refractivity contribution in [3.8, 4) is 6.07 Å². The standard InChI is InChI=1S/C7H7N3OS/c8-2-1-6(11)10-5-7-9-3-4-12-7/h3-4H,1,5H2,(H,10,11). The van der Waals surface area contributed by atoms with E-state index >= 15 is 0 Å². The Hall–Kier alpha value is -1.41. The van der Waals surface area contributed by atoms with Gasteiger partial charge in [-0.25, -0.2) is 4.98 Å². The summed E-state index contributed by atoms with van der Waals surface area (Å²) in [6.07, 6.45) is 1.59. The Bertz CT molecular complexity index is 288. The molecule has 0 atom stereocenters. The molecular weight excluding hydrogens is 174 g/mol. The van der Waals surface area contributed by atoms with Crippen LogP contribution in [0, 0.1) is 11.3 Å². The molecule has 0 aromatic carbocycles. The quantitative estimate of drug-likeness (QED) is 0.745. The Balaban J connectivity index is 2.28. The number of aromatic nitrogens is 1. The number of thiazole rings is 1. The molecule has 0 fully saturated rings. The molecule has 5 heteroatoms. The predicted molar refractivity (Wildman–Crippen MR) is 44.2 cm³/mol. The highest BCUT2D eigenvalue weighted by Gasteiger charge is 2.00. The third-order valence-corrected chi connectivity index (χ3v) is 1.94. The molecule has 1 aromatic rings. The zero-order valence-electron chi connectivity index (χ0n) is 6.28. The van der Waals surface area contributed by atoms with E-state index in [0.29, 0.717) is 6.54 Å². The fourth-order valence-corrected chi connectivity index (χ4v) is 1.20. The number of rotatable bonds is 3. The lowest BCUT2D eigenvalue weighted by molar-refractivity contribution is -0.120. The molecule has 62 valence electrons. The minimum absolute atomic E-state index is 0.0919. The van der Waals surface area contributed by atoms with Gasteiger partial charge < -0.3 is 5.32 Å². The van der Waals surface area contributed by atoms with Crippen molar-refractivity contribution in [2.24, 2.45) is 0 Å². The molecule has 1 rings (SSSR count). The molecule has 0 saturated carbocycles. The van der Waals surface area contributed by atoms with E-state index < -0.39 is 0 Å². The molecule has 0 aliphatic rings. The first-order valence-corrected chi connectivity index (χ1v) is 4.23. The zero-order chi connectivity index (χ0) is 8.81. The second kappa shape index (κ2) is 4.46. The number of nitrogens with one attached hydrogen (secondary N) is 1. The molecule has 0 bridgehead atoms. The normalized spacial score (nSPS) is 8.92. The van der Waals surface area contributed by atoms with E-state index in [-0.39, 0.29) is 12.3 Å². The van der Waals surface area contributed by atoms with Gasteiger partial charge in [0.05, 0.1) is 12.6 Å². The lowest BCUT2D eigenvalue weighted by Gasteiger charge is -1.97. The Morgan fingerprint density at radius 3 is 3.25 bits per heavy atom. The van der Waals surface area contributed by atoms with Gasteiger partial charge in [0.1, 0.15) is 11.4 Å². The Labute approximate surface area is 73.9 Å². The monoisotopic (exact) mass is 181 g/mol. The average molecular weight is 181 g/mol. The van der Waals surface area contributed by atoms with Crippen molar-refractivity contribution in [3.05, 3.63) is 16.6 Å². The number of amides is 1. The summed E-state index contributed by atoms with van der Waals surface area (Å²) >= 11 is 1.47. The first kappa shape index (κ1) is 8.68. The summed E-state index contributed by atoms with van der Waals surface area (Å²) in [6.45, 7) is 0.415. The van der Waals surface area contributed by atoms with Crippen molar-refractivity contribution in [1.82, 2.24) is 10.3 Å². The Morgan fingerprint density at radius 1 is 1.83 bits per heavy atom. The van der Waals surface area contributed by atoms with Gasteiger partial charge in [0.25, 0.3) is 0 Å². The summed E-state index contributed by atoms with van der Waals surface area (Å²) in [4.78, 5) is 14.8. The SMILES string of the molecule is N#CCC(=O)NCc1nccs1. The summed E-state index contributed by atoms with van der Waals surface area (Å²) in [5, 5.41) is 13.4. The van der Waals surface area contributed by atoms with E-state index in [1.54, 1.807) is 12.3 Å². The molecule has 0 unspecified atom stereocenters. The maximum Gasteiger partial charge on any atom is 0.234 e. The first-order valence-electron chi connectivity index (χ1n) is 3.35. The average Bonchev–Trinajstić information content (AvgIpc) is 2.53. The van der Waals surface area contributed by atoms with E-state index in [1.165, 1.54) is 11.3 Å². The fourth-order valence-electron chi connectivity index (χ4n) is 0.649. The predicted octanol–water partition coefficient (Wildman–Crippen LogP) is 0.673. The van der Waals surface area contributed by atoms with Gasteiger partial charge in [-0.05, 0) is 0 Å². The molecule has 1 N–H and O–H groups in total. The highest BCUT2D eigenvalue weighted by atomic mass is 32.1. The summed E-state index contributed by atoms with van der Waals surface area (Å²) in [6, 6.07) is 1.77. The molecule has 12 heavy (non-hydrogen) atoms. The zero-order valence-corrected chi connectivity index (χ0v) is 7.10. The molecule has 0 aliphatic carbocycles. The van der Waals surface area contributed by atoms with Crippen molar-refractivity contribution in [3.63, 3.8) is 0 Å². The second-order valence-corrected chi connectivity index (χ2v) is 3.02. The van der Waals surface area contributed by atoms with Crippen LogP contribution < -0.4 is 5.32 Å². The highest BCUT2D eigenvalue weighted by Crippen LogP contribution is 2.02. The Morgan fingerprint density at radius 2 is 2.67 bits per heavy atom. The fraction of sp³-hybridized carbons (Fsp3) is 0.286. The summed E-state index contributed by atoms with van der Waals surface area (Å²) in [5.41, 5.74) is 0. The van der Waals surface area contributed by atoms with E-state index in [0.717, 1.165) is 5.01 Å². The Kier molecular flexibility index (Phi) is 3.23. The topological polar surface area (TPSA) is 65.8 Å². The van der Waals surface area contributed by atoms with Crippen LogP contribution in [0.3, 0.4) is 0 Å². The molecular formula is C7H7N3OS. The van der Waals surface area contributed by atoms with Crippen molar-refractivity contribution in [2.45, 2.75) is 13.0 Å². The number of hydrogen-bond acceptors (Lipinski definition) is 4. The number of carbonyl (C=O) groups excluding carboxylic acids is 1. The van der Waals surface area contributed by atoms with Crippen molar-refractivity contribution in [1.29, 1.82) is 5.26 Å². The number of hydrogen-bond donors (Lipinski definition) is 1. The largest absolute Gasteiger partial charge is 0.349 e. The van der Waals surface area contributed by atoms with E-state index in [9.17, 15) is 4.79 Å². The minimum Gasteiger partial charge on any atom is -0.349 e. The summed E-state index contributed by atoms with van der Waals surface area (Å²) in [5.74, 6) is -0.257. The van der Waals surface area contributed by atoms with Crippen molar-refractivity contribution in [2.75, 3.05) is 0 Å². The van der Waals surface area contributed by atoms with Crippen LogP contribution in [-0.4, -0.2) is 10.9 Å². The molecule has 1 heterocycles. The molecule has 0 radical (unpaired) electrons. The minimum atomic E-state index is -0.257. The maximum absolute atomic E-state index is 10.8. The highest BCUT2D eigenvalue weighted by molar-refractivity contribution is 7.09. The van der Waals surface area contributed by atoms with Gasteiger partial charge in [0.15, 0.2) is 0 Å². The van der Waals surface area contributed by atoms with Gasteiger partial charge >= 0.3 is 0 Å². The van der Waals surface area contributed by atoms with Gasteiger partial charge in [-0.2, -0.15) is 5.26 Å². The van der Waals surface area contributed by atoms with Gasteiger partial charge in [-0.15, -0.1) is 11.3 Å². The number of carbonyl (C=O) groups is 1. The molecule has 0 spiro atoms. The smallest absolute Gasteiger partial charge is 0.234 e. The van der Waals surface area contributed by atoms with Crippen molar-refractivity contribution < 1.29 is 4.79 Å². The van der Waals surface area contributed by atoms with Crippen LogP contribution in [-0.2, 0) is 11.3 Å². The van der Waals surface area contributed by atoms with Gasteiger partial charge in [-0.1, -0.05) is 0 Å². The number of nitrogens with zero attached hydrogens (tertiary/aromatic N) is 2. The van der Waals surface area contributed by atoms with Crippen LogP contribution in [0.25, 0.3) is 0 Å². The van der Waals surface area contributed by atoms with Gasteiger partial charge in [0, 0.05) is 11.6 Å². The van der Waals surface area contributed by atoms with Gasteiger partial charge in [0.2, 0.25) is 5.91 Å². The van der Waals surface area contributed by atoms with E-state index in [2.05, 4.69) is 10.3 Å². The van der Waals surface area contributed by atoms with Crippen LogP contribution in [0.2, 0.25) is 0 Å². The maximum atomic E-state index is 10.8. The lowest BCUT2D eigenvalue weighted by atomic mass is 10.4. The van der Waals surface area contributed by atoms with Crippen LogP contribution >= 0.6 is 11.3 Å². The van der Waals surface area contributed by atoms with Gasteiger partial charge in [-0.3, -0.25) is 4.79 Å². The van der Waals surface area contributed by atoms with Crippen LogP contribution in [0.5, 0.6) is 0 Å². The van der Waals surface area contributed by atoms with E-state index in [4.69, 9.17) is 5.26 Å². The van der Waals surface area contributed by atoms with Crippen molar-refractivity contribution >= 4 is 17.2 Å². The molecule has 4 nitrogen and oxygen atoms in total. The number of nitriles is 1. The third-order valence-electron chi connectivity index (χ3n) is 1.16. The molecule has 0 saturated heterocycles. The summed E-state index contributed by atoms with van der Waals surface area (Å²) < 4.78 is 0. The van der Waals surface area contributed by atoms with Crippen LogP contribution in [0.4, 0.5) is 0 Å². The summed E-state index contributed by atoms with van der Waals surface area (Å²) in [7, 11) is 0. The van der Waals surface area contributed by atoms with Crippen LogP contribution in [0.15, 0.2) is 11.6 Å². The molecule has 1 aromatic heterocycles.